The molecule has 3 N–H and O–H groups in total. The summed E-state index contributed by atoms with van der Waals surface area (Å²) in [5.41, 5.74) is 3.88. The van der Waals surface area contributed by atoms with Gasteiger partial charge in [-0.1, -0.05) is 11.6 Å². The Morgan fingerprint density at radius 2 is 2.47 bits per heavy atom. The van der Waals surface area contributed by atoms with E-state index in [-0.39, 0.29) is 5.62 Å². The van der Waals surface area contributed by atoms with Crippen molar-refractivity contribution in [3.8, 4) is 0 Å². The molecule has 17 heavy (non-hydrogen) atoms. The van der Waals surface area contributed by atoms with Gasteiger partial charge in [0.05, 0.1) is 0 Å². The predicted molar refractivity (Wildman–Crippen MR) is 66.5 cm³/mol. The fourth-order valence-corrected chi connectivity index (χ4v) is 2.45. The van der Waals surface area contributed by atoms with Gasteiger partial charge in [0, 0.05) is 30.2 Å². The zero-order chi connectivity index (χ0) is 11.7. The van der Waals surface area contributed by atoms with E-state index in [1.54, 1.807) is 0 Å². The number of H-pyrrole nitrogens is 1. The lowest BCUT2D eigenvalue weighted by Gasteiger charge is -2.32. The van der Waals surface area contributed by atoms with Crippen LogP contribution in [-0.2, 0) is 0 Å². The van der Waals surface area contributed by atoms with E-state index in [1.165, 1.54) is 12.8 Å². The molecule has 6 heteroatoms. The number of piperidine rings is 1. The summed E-state index contributed by atoms with van der Waals surface area (Å²) in [5, 5.41) is 6.32. The molecule has 2 aliphatic heterocycles. The molecule has 1 fully saturated rings. The Bertz CT molecular complexity index is 490. The van der Waals surface area contributed by atoms with Crippen molar-refractivity contribution in [3.05, 3.63) is 23.0 Å². The molecule has 92 valence electrons. The number of aromatic nitrogens is 1. The van der Waals surface area contributed by atoms with Crippen LogP contribution in [0.4, 0.5) is 0 Å². The highest BCUT2D eigenvalue weighted by Gasteiger charge is 2.20. The molecule has 2 aliphatic rings. The molecule has 1 saturated heterocycles. The summed E-state index contributed by atoms with van der Waals surface area (Å²) >= 11 is 6.21. The lowest BCUT2D eigenvalue weighted by atomic mass is 10.1. The lowest BCUT2D eigenvalue weighted by molar-refractivity contribution is 0.208. The molecule has 1 aromatic rings. The SMILES string of the molecule is Cl[C@@H]1N=c2[nH]ccc2=CN1NC1CCCNC1. The maximum atomic E-state index is 6.21. The molecule has 0 amide bonds. The predicted octanol–water partition coefficient (Wildman–Crippen LogP) is -0.533. The van der Waals surface area contributed by atoms with Gasteiger partial charge in [-0.15, -0.1) is 0 Å². The minimum Gasteiger partial charge on any atom is -0.346 e. The van der Waals surface area contributed by atoms with Gasteiger partial charge < -0.3 is 10.3 Å². The Morgan fingerprint density at radius 1 is 1.53 bits per heavy atom. The third kappa shape index (κ3) is 2.31. The summed E-state index contributed by atoms with van der Waals surface area (Å²) in [7, 11) is 0. The number of hydrazine groups is 1. The first-order chi connectivity index (χ1) is 8.33. The van der Waals surface area contributed by atoms with Crippen LogP contribution in [0.3, 0.4) is 0 Å². The summed E-state index contributed by atoms with van der Waals surface area (Å²) in [4.78, 5) is 7.44. The van der Waals surface area contributed by atoms with Gasteiger partial charge in [-0.05, 0) is 25.5 Å². The van der Waals surface area contributed by atoms with Crippen LogP contribution in [0.2, 0.25) is 0 Å². The lowest BCUT2D eigenvalue weighted by Crippen LogP contribution is -2.53. The molecule has 1 aromatic heterocycles. The van der Waals surface area contributed by atoms with Crippen LogP contribution in [0.5, 0.6) is 0 Å². The zero-order valence-corrected chi connectivity index (χ0v) is 10.2. The van der Waals surface area contributed by atoms with Crippen LogP contribution in [0.1, 0.15) is 12.8 Å². The molecule has 0 spiro atoms. The van der Waals surface area contributed by atoms with Gasteiger partial charge in [-0.2, -0.15) is 0 Å². The van der Waals surface area contributed by atoms with Gasteiger partial charge in [0.25, 0.3) is 0 Å². The first-order valence-corrected chi connectivity index (χ1v) is 6.39. The maximum absolute atomic E-state index is 6.21. The van der Waals surface area contributed by atoms with Crippen molar-refractivity contribution in [2.24, 2.45) is 4.99 Å². The monoisotopic (exact) mass is 253 g/mol. The maximum Gasteiger partial charge on any atom is 0.212 e. The molecule has 0 radical (unpaired) electrons. The third-order valence-corrected chi connectivity index (χ3v) is 3.44. The first kappa shape index (κ1) is 11.1. The minimum absolute atomic E-state index is 0.386. The largest absolute Gasteiger partial charge is 0.346 e. The topological polar surface area (TPSA) is 55.5 Å². The number of alkyl halides is 1. The Hall–Kier alpha value is -1.04. The van der Waals surface area contributed by atoms with Crippen molar-refractivity contribution in [1.82, 2.24) is 20.7 Å². The molecular formula is C11H16ClN5. The molecule has 5 nitrogen and oxygen atoms in total. The standard InChI is InChI=1S/C11H16ClN5/c12-11-15-10-8(3-5-14-10)7-17(11)16-9-2-1-4-13-6-9/h3,5,7,9,11,13,16H,1-2,4,6H2,(H,14,15)/t9?,11-/m1/s1. The van der Waals surface area contributed by atoms with E-state index in [0.717, 1.165) is 23.8 Å². The summed E-state index contributed by atoms with van der Waals surface area (Å²) in [6.45, 7) is 2.09. The highest BCUT2D eigenvalue weighted by molar-refractivity contribution is 6.20. The molecule has 0 bridgehead atoms. The smallest absolute Gasteiger partial charge is 0.212 e. The molecule has 0 saturated carbocycles. The third-order valence-electron chi connectivity index (χ3n) is 3.13. The van der Waals surface area contributed by atoms with Gasteiger partial charge in [-0.3, -0.25) is 5.01 Å². The van der Waals surface area contributed by atoms with Gasteiger partial charge in [-0.25, -0.2) is 10.4 Å². The van der Waals surface area contributed by atoms with Crippen molar-refractivity contribution < 1.29 is 0 Å². The van der Waals surface area contributed by atoms with E-state index >= 15 is 0 Å². The second kappa shape index (κ2) is 4.68. The fraction of sp³-hybridized carbons (Fsp3) is 0.545. The van der Waals surface area contributed by atoms with Gasteiger partial charge in [0.2, 0.25) is 5.62 Å². The number of aromatic amines is 1. The van der Waals surface area contributed by atoms with Crippen molar-refractivity contribution in [2.75, 3.05) is 13.1 Å². The molecule has 1 unspecified atom stereocenters. The zero-order valence-electron chi connectivity index (χ0n) is 9.49. The summed E-state index contributed by atoms with van der Waals surface area (Å²) in [5.74, 6) is 0. The van der Waals surface area contributed by atoms with Crippen LogP contribution in [0.25, 0.3) is 6.20 Å². The summed E-state index contributed by atoms with van der Waals surface area (Å²) < 4.78 is 0. The van der Waals surface area contributed by atoms with E-state index in [2.05, 4.69) is 20.7 Å². The number of hydrogen-bond donors (Lipinski definition) is 3. The minimum atomic E-state index is -0.386. The molecule has 2 atom stereocenters. The molecule has 0 aliphatic carbocycles. The van der Waals surface area contributed by atoms with Gasteiger partial charge >= 0.3 is 0 Å². The molecular weight excluding hydrogens is 238 g/mol. The fourth-order valence-electron chi connectivity index (χ4n) is 2.24. The van der Waals surface area contributed by atoms with Crippen molar-refractivity contribution in [3.63, 3.8) is 0 Å². The van der Waals surface area contributed by atoms with E-state index in [9.17, 15) is 0 Å². The van der Waals surface area contributed by atoms with Gasteiger partial charge in [0.15, 0.2) is 0 Å². The van der Waals surface area contributed by atoms with Crippen LogP contribution in [-0.4, -0.2) is 34.7 Å². The van der Waals surface area contributed by atoms with E-state index in [4.69, 9.17) is 11.6 Å². The van der Waals surface area contributed by atoms with E-state index < -0.39 is 0 Å². The average Bonchev–Trinajstić information content (AvgIpc) is 2.78. The Balaban J connectivity index is 1.76. The summed E-state index contributed by atoms with van der Waals surface area (Å²) in [6, 6.07) is 2.42. The van der Waals surface area contributed by atoms with Crippen LogP contribution in [0, 0.1) is 0 Å². The van der Waals surface area contributed by atoms with Crippen molar-refractivity contribution >= 4 is 17.8 Å². The van der Waals surface area contributed by atoms with Crippen LogP contribution < -0.4 is 21.4 Å². The average molecular weight is 254 g/mol. The highest BCUT2D eigenvalue weighted by Crippen LogP contribution is 2.09. The van der Waals surface area contributed by atoms with Gasteiger partial charge in [0.1, 0.15) is 5.49 Å². The van der Waals surface area contributed by atoms with Crippen molar-refractivity contribution in [2.45, 2.75) is 24.5 Å². The molecule has 3 rings (SSSR count). The Kier molecular flexibility index (Phi) is 3.05. The first-order valence-electron chi connectivity index (χ1n) is 5.95. The second-order valence-corrected chi connectivity index (χ2v) is 4.82. The van der Waals surface area contributed by atoms with E-state index in [0.29, 0.717) is 6.04 Å². The highest BCUT2D eigenvalue weighted by atomic mass is 35.5. The molecule has 3 heterocycles. The summed E-state index contributed by atoms with van der Waals surface area (Å²) in [6.07, 6.45) is 6.25. The normalized spacial score (nSPS) is 28.2. The number of fused-ring (bicyclic) bond motifs is 1. The number of nitrogens with zero attached hydrogens (tertiary/aromatic N) is 2. The van der Waals surface area contributed by atoms with Crippen LogP contribution >= 0.6 is 11.6 Å². The Labute approximate surface area is 105 Å². The number of hydrogen-bond acceptors (Lipinski definition) is 4. The quantitative estimate of drug-likeness (QED) is 0.491. The van der Waals surface area contributed by atoms with Crippen molar-refractivity contribution in [1.29, 1.82) is 0 Å². The molecule has 0 aromatic carbocycles. The number of halogens is 1. The Morgan fingerprint density at radius 3 is 3.29 bits per heavy atom. The number of nitrogens with one attached hydrogen (secondary N) is 3. The second-order valence-electron chi connectivity index (χ2n) is 4.43. The van der Waals surface area contributed by atoms with E-state index in [1.807, 2.05) is 23.5 Å². The number of rotatable bonds is 2. The van der Waals surface area contributed by atoms with Crippen LogP contribution in [0.15, 0.2) is 17.3 Å².